The molecule has 0 unspecified atom stereocenters. The maximum absolute atomic E-state index is 12.8. The minimum Gasteiger partial charge on any atom is -0.378 e. The molecule has 26 heavy (non-hydrogen) atoms. The molecule has 7 heteroatoms. The number of amides is 1. The van der Waals surface area contributed by atoms with Gasteiger partial charge in [0.15, 0.2) is 0 Å². The Morgan fingerprint density at radius 3 is 2.42 bits per heavy atom. The number of hydrogen-bond acceptors (Lipinski definition) is 4. The first-order valence-electron chi connectivity index (χ1n) is 8.54. The summed E-state index contributed by atoms with van der Waals surface area (Å²) in [6.07, 6.45) is 2.73. The van der Waals surface area contributed by atoms with Crippen molar-refractivity contribution in [2.45, 2.75) is 24.7 Å². The lowest BCUT2D eigenvalue weighted by molar-refractivity contribution is -0.384. The second-order valence-corrected chi connectivity index (χ2v) is 7.32. The molecule has 0 saturated heterocycles. The van der Waals surface area contributed by atoms with E-state index in [0.717, 1.165) is 29.3 Å². The molecular formula is C19H20BrN3O3. The quantitative estimate of drug-likeness (QED) is 0.404. The third-order valence-electron chi connectivity index (χ3n) is 4.87. The van der Waals surface area contributed by atoms with E-state index in [-0.39, 0.29) is 11.6 Å². The predicted molar refractivity (Wildman–Crippen MR) is 104 cm³/mol. The van der Waals surface area contributed by atoms with Crippen LogP contribution in [-0.4, -0.2) is 23.9 Å². The van der Waals surface area contributed by atoms with Gasteiger partial charge in [0.2, 0.25) is 5.91 Å². The first kappa shape index (κ1) is 18.4. The number of halogens is 1. The maximum atomic E-state index is 12.8. The second kappa shape index (κ2) is 7.86. The van der Waals surface area contributed by atoms with Crippen LogP contribution in [0.3, 0.4) is 0 Å². The van der Waals surface area contributed by atoms with Crippen LogP contribution in [0, 0.1) is 10.1 Å². The maximum Gasteiger partial charge on any atom is 0.292 e. The van der Waals surface area contributed by atoms with Crippen LogP contribution < -0.4 is 10.6 Å². The molecule has 1 amide bonds. The molecule has 1 fully saturated rings. The van der Waals surface area contributed by atoms with E-state index in [0.29, 0.717) is 18.8 Å². The Bertz CT molecular complexity index is 804. The van der Waals surface area contributed by atoms with Crippen LogP contribution in [0.2, 0.25) is 0 Å². The molecule has 0 aliphatic heterocycles. The third kappa shape index (κ3) is 3.72. The highest BCUT2D eigenvalue weighted by molar-refractivity contribution is 9.10. The minimum absolute atomic E-state index is 0.0235. The van der Waals surface area contributed by atoms with Crippen molar-refractivity contribution in [3.8, 4) is 0 Å². The van der Waals surface area contributed by atoms with Crippen LogP contribution in [-0.2, 0) is 10.2 Å². The molecule has 0 heterocycles. The first-order chi connectivity index (χ1) is 12.5. The Morgan fingerprint density at radius 1 is 1.12 bits per heavy atom. The summed E-state index contributed by atoms with van der Waals surface area (Å²) in [6.45, 7) is 0.830. The fourth-order valence-electron chi connectivity index (χ4n) is 3.27. The Labute approximate surface area is 160 Å². The molecule has 3 rings (SSSR count). The van der Waals surface area contributed by atoms with Crippen LogP contribution >= 0.6 is 15.9 Å². The Morgan fingerprint density at radius 2 is 1.81 bits per heavy atom. The number of nitro benzene ring substituents is 1. The zero-order chi connectivity index (χ0) is 18.6. The van der Waals surface area contributed by atoms with Gasteiger partial charge < -0.3 is 10.6 Å². The number of hydrogen-bond donors (Lipinski definition) is 2. The third-order valence-corrected chi connectivity index (χ3v) is 5.39. The molecule has 0 atom stereocenters. The van der Waals surface area contributed by atoms with Crippen LogP contribution in [0.25, 0.3) is 0 Å². The molecule has 6 nitrogen and oxygen atoms in total. The fraction of sp³-hybridized carbons (Fsp3) is 0.316. The smallest absolute Gasteiger partial charge is 0.292 e. The van der Waals surface area contributed by atoms with Crippen molar-refractivity contribution in [2.24, 2.45) is 0 Å². The predicted octanol–water partition coefficient (Wildman–Crippen LogP) is 4.01. The van der Waals surface area contributed by atoms with E-state index in [9.17, 15) is 14.9 Å². The molecular weight excluding hydrogens is 398 g/mol. The highest BCUT2D eigenvalue weighted by Crippen LogP contribution is 2.44. The summed E-state index contributed by atoms with van der Waals surface area (Å²) >= 11 is 3.42. The Balaban J connectivity index is 1.57. The van der Waals surface area contributed by atoms with Gasteiger partial charge >= 0.3 is 0 Å². The van der Waals surface area contributed by atoms with E-state index in [1.54, 1.807) is 18.2 Å². The molecule has 1 aliphatic carbocycles. The summed E-state index contributed by atoms with van der Waals surface area (Å²) in [5, 5.41) is 17.0. The van der Waals surface area contributed by atoms with Crippen molar-refractivity contribution in [1.29, 1.82) is 0 Å². The number of nitro groups is 1. The lowest BCUT2D eigenvalue weighted by Crippen LogP contribution is -2.50. The fourth-order valence-corrected chi connectivity index (χ4v) is 3.54. The van der Waals surface area contributed by atoms with E-state index in [2.05, 4.69) is 26.6 Å². The van der Waals surface area contributed by atoms with Crippen molar-refractivity contribution in [3.63, 3.8) is 0 Å². The van der Waals surface area contributed by atoms with Gasteiger partial charge in [-0.3, -0.25) is 14.9 Å². The number of anilines is 1. The summed E-state index contributed by atoms with van der Waals surface area (Å²) in [7, 11) is 0. The second-order valence-electron chi connectivity index (χ2n) is 6.40. The largest absolute Gasteiger partial charge is 0.378 e. The standard InChI is InChI=1S/C19H20BrN3O3/c20-15-8-6-14(7-9-15)19(10-3-11-19)18(24)22-13-12-21-16-4-1-2-5-17(16)23(25)26/h1-2,4-9,21H,3,10-13H2,(H,22,24). The monoisotopic (exact) mass is 417 g/mol. The molecule has 136 valence electrons. The van der Waals surface area contributed by atoms with Gasteiger partial charge in [0, 0.05) is 23.6 Å². The van der Waals surface area contributed by atoms with E-state index in [1.807, 2.05) is 24.3 Å². The van der Waals surface area contributed by atoms with Gasteiger partial charge in [0.25, 0.3) is 5.69 Å². The van der Waals surface area contributed by atoms with Gasteiger partial charge in [0.1, 0.15) is 5.69 Å². The molecule has 0 aromatic heterocycles. The summed E-state index contributed by atoms with van der Waals surface area (Å²) in [6, 6.07) is 14.4. The van der Waals surface area contributed by atoms with Crippen LogP contribution in [0.4, 0.5) is 11.4 Å². The molecule has 2 N–H and O–H groups in total. The minimum atomic E-state index is -0.445. The van der Waals surface area contributed by atoms with Crippen LogP contribution in [0.5, 0.6) is 0 Å². The topological polar surface area (TPSA) is 84.3 Å². The number of carbonyl (C=O) groups excluding carboxylic acids is 1. The zero-order valence-electron chi connectivity index (χ0n) is 14.2. The summed E-state index contributed by atoms with van der Waals surface area (Å²) in [4.78, 5) is 23.4. The summed E-state index contributed by atoms with van der Waals surface area (Å²) < 4.78 is 0.991. The Kier molecular flexibility index (Phi) is 5.56. The van der Waals surface area contributed by atoms with Crippen molar-refractivity contribution >= 4 is 33.2 Å². The Hall–Kier alpha value is -2.41. The molecule has 0 spiro atoms. The highest BCUT2D eigenvalue weighted by Gasteiger charge is 2.45. The number of carbonyl (C=O) groups is 1. The van der Waals surface area contributed by atoms with E-state index < -0.39 is 10.3 Å². The van der Waals surface area contributed by atoms with E-state index in [4.69, 9.17) is 0 Å². The van der Waals surface area contributed by atoms with Crippen LogP contribution in [0.15, 0.2) is 53.0 Å². The average Bonchev–Trinajstić information content (AvgIpc) is 2.59. The molecule has 2 aromatic carbocycles. The van der Waals surface area contributed by atoms with E-state index in [1.165, 1.54) is 6.07 Å². The van der Waals surface area contributed by atoms with Gasteiger partial charge in [-0.1, -0.05) is 46.6 Å². The molecule has 1 aliphatic rings. The molecule has 0 radical (unpaired) electrons. The van der Waals surface area contributed by atoms with Crippen molar-refractivity contribution < 1.29 is 9.72 Å². The SMILES string of the molecule is O=C(NCCNc1ccccc1[N+](=O)[O-])C1(c2ccc(Br)cc2)CCC1. The number of nitrogens with zero attached hydrogens (tertiary/aromatic N) is 1. The number of benzene rings is 2. The van der Waals surface area contributed by atoms with Crippen molar-refractivity contribution in [2.75, 3.05) is 18.4 Å². The highest BCUT2D eigenvalue weighted by atomic mass is 79.9. The molecule has 1 saturated carbocycles. The van der Waals surface area contributed by atoms with Gasteiger partial charge in [0.05, 0.1) is 10.3 Å². The lowest BCUT2D eigenvalue weighted by atomic mass is 9.64. The van der Waals surface area contributed by atoms with Gasteiger partial charge in [-0.2, -0.15) is 0 Å². The van der Waals surface area contributed by atoms with Crippen molar-refractivity contribution in [1.82, 2.24) is 5.32 Å². The van der Waals surface area contributed by atoms with Crippen molar-refractivity contribution in [3.05, 3.63) is 68.7 Å². The van der Waals surface area contributed by atoms with Gasteiger partial charge in [-0.25, -0.2) is 0 Å². The normalized spacial score (nSPS) is 15.0. The molecule has 2 aromatic rings. The van der Waals surface area contributed by atoms with Gasteiger partial charge in [-0.15, -0.1) is 0 Å². The number of para-hydroxylation sites is 2. The molecule has 0 bridgehead atoms. The average molecular weight is 418 g/mol. The van der Waals surface area contributed by atoms with Crippen LogP contribution in [0.1, 0.15) is 24.8 Å². The first-order valence-corrected chi connectivity index (χ1v) is 9.34. The lowest BCUT2D eigenvalue weighted by Gasteiger charge is -2.40. The summed E-state index contributed by atoms with van der Waals surface area (Å²) in [5.41, 5.74) is 1.08. The summed E-state index contributed by atoms with van der Waals surface area (Å²) in [5.74, 6) is 0.0235. The van der Waals surface area contributed by atoms with Gasteiger partial charge in [-0.05, 0) is 36.6 Å². The number of nitrogens with one attached hydrogen (secondary N) is 2. The van der Waals surface area contributed by atoms with E-state index >= 15 is 0 Å². The number of rotatable bonds is 7. The zero-order valence-corrected chi connectivity index (χ0v) is 15.8.